The van der Waals surface area contributed by atoms with Crippen molar-refractivity contribution < 1.29 is 14.3 Å². The predicted octanol–water partition coefficient (Wildman–Crippen LogP) is 2.47. The standard InChI is InChI=1S/C16H14N4O3/c1-10-2-4-11(5-3-10)6-12-8-23-9-13(12)14(21)7-15(22)16-17-19-20-18-16/h2-5,7-9,21H,6H2,1H3,(H,17,18,19,20). The number of benzene rings is 1. The minimum Gasteiger partial charge on any atom is -0.507 e. The molecule has 7 nitrogen and oxygen atoms in total. The molecule has 3 rings (SSSR count). The van der Waals surface area contributed by atoms with Gasteiger partial charge in [-0.1, -0.05) is 29.8 Å². The Morgan fingerprint density at radius 1 is 1.30 bits per heavy atom. The van der Waals surface area contributed by atoms with Crippen LogP contribution in [0.4, 0.5) is 0 Å². The lowest BCUT2D eigenvalue weighted by Gasteiger charge is -2.03. The number of aryl methyl sites for hydroxylation is 1. The number of aliphatic hydroxyl groups is 1. The third kappa shape index (κ3) is 3.34. The van der Waals surface area contributed by atoms with E-state index >= 15 is 0 Å². The highest BCUT2D eigenvalue weighted by atomic mass is 16.3. The number of allylic oxidation sites excluding steroid dienone is 1. The summed E-state index contributed by atoms with van der Waals surface area (Å²) in [5.74, 6) is -0.852. The molecular weight excluding hydrogens is 296 g/mol. The number of H-pyrrole nitrogens is 1. The first-order valence-corrected chi connectivity index (χ1v) is 6.93. The van der Waals surface area contributed by atoms with Crippen LogP contribution in [0.2, 0.25) is 0 Å². The van der Waals surface area contributed by atoms with Crippen molar-refractivity contribution in [1.82, 2.24) is 20.6 Å². The highest BCUT2D eigenvalue weighted by Crippen LogP contribution is 2.22. The van der Waals surface area contributed by atoms with Crippen LogP contribution in [0.5, 0.6) is 0 Å². The van der Waals surface area contributed by atoms with Crippen molar-refractivity contribution in [2.75, 3.05) is 0 Å². The summed E-state index contributed by atoms with van der Waals surface area (Å²) in [5.41, 5.74) is 3.50. The van der Waals surface area contributed by atoms with E-state index in [1.165, 1.54) is 11.8 Å². The molecule has 0 aliphatic rings. The van der Waals surface area contributed by atoms with Gasteiger partial charge >= 0.3 is 0 Å². The van der Waals surface area contributed by atoms with Crippen LogP contribution in [0.1, 0.15) is 32.9 Å². The number of nitrogens with one attached hydrogen (secondary N) is 1. The van der Waals surface area contributed by atoms with Gasteiger partial charge in [-0.05, 0) is 17.7 Å². The SMILES string of the molecule is Cc1ccc(Cc2cocc2C(O)=CC(=O)c2nn[nH]n2)cc1. The first-order chi connectivity index (χ1) is 11.1. The van der Waals surface area contributed by atoms with Crippen molar-refractivity contribution in [2.45, 2.75) is 13.3 Å². The molecule has 0 radical (unpaired) electrons. The average Bonchev–Trinajstić information content (AvgIpc) is 3.20. The molecule has 0 spiro atoms. The molecule has 116 valence electrons. The molecule has 0 saturated carbocycles. The van der Waals surface area contributed by atoms with E-state index in [1.807, 2.05) is 31.2 Å². The Labute approximate surface area is 131 Å². The zero-order chi connectivity index (χ0) is 16.2. The zero-order valence-electron chi connectivity index (χ0n) is 12.4. The van der Waals surface area contributed by atoms with E-state index in [9.17, 15) is 9.90 Å². The molecule has 3 aromatic rings. The molecule has 0 bridgehead atoms. The number of carbonyl (C=O) groups excluding carboxylic acids is 1. The van der Waals surface area contributed by atoms with Gasteiger partial charge in [0, 0.05) is 18.1 Å². The summed E-state index contributed by atoms with van der Waals surface area (Å²) in [5, 5.41) is 22.8. The van der Waals surface area contributed by atoms with Gasteiger partial charge < -0.3 is 9.52 Å². The number of aromatic nitrogens is 4. The summed E-state index contributed by atoms with van der Waals surface area (Å²) in [7, 11) is 0. The number of carbonyl (C=O) groups is 1. The Bertz CT molecular complexity index is 833. The molecule has 0 atom stereocenters. The van der Waals surface area contributed by atoms with E-state index in [2.05, 4.69) is 20.6 Å². The van der Waals surface area contributed by atoms with Crippen LogP contribution in [0.25, 0.3) is 5.76 Å². The Morgan fingerprint density at radius 3 is 2.78 bits per heavy atom. The number of aromatic amines is 1. The fourth-order valence-electron chi connectivity index (χ4n) is 2.14. The van der Waals surface area contributed by atoms with Crippen molar-refractivity contribution >= 4 is 11.5 Å². The third-order valence-electron chi connectivity index (χ3n) is 3.37. The molecule has 2 N–H and O–H groups in total. The molecule has 23 heavy (non-hydrogen) atoms. The molecular formula is C16H14N4O3. The first-order valence-electron chi connectivity index (χ1n) is 6.93. The largest absolute Gasteiger partial charge is 0.507 e. The highest BCUT2D eigenvalue weighted by molar-refractivity contribution is 6.05. The first kappa shape index (κ1) is 14.7. The van der Waals surface area contributed by atoms with E-state index in [0.717, 1.165) is 17.2 Å². The highest BCUT2D eigenvalue weighted by Gasteiger charge is 2.14. The molecule has 2 heterocycles. The number of ketones is 1. The summed E-state index contributed by atoms with van der Waals surface area (Å²) in [6.45, 7) is 2.02. The fourth-order valence-corrected chi connectivity index (χ4v) is 2.14. The number of nitrogens with zero attached hydrogens (tertiary/aromatic N) is 3. The van der Waals surface area contributed by atoms with Crippen LogP contribution in [-0.4, -0.2) is 31.5 Å². The average molecular weight is 310 g/mol. The van der Waals surface area contributed by atoms with Crippen molar-refractivity contribution in [3.8, 4) is 0 Å². The molecule has 0 aliphatic carbocycles. The van der Waals surface area contributed by atoms with Gasteiger partial charge in [0.15, 0.2) is 0 Å². The van der Waals surface area contributed by atoms with Crippen LogP contribution in [0.15, 0.2) is 47.3 Å². The number of tetrazole rings is 1. The van der Waals surface area contributed by atoms with Gasteiger partial charge in [-0.2, -0.15) is 5.21 Å². The smallest absolute Gasteiger partial charge is 0.244 e. The van der Waals surface area contributed by atoms with E-state index in [4.69, 9.17) is 4.42 Å². The topological polar surface area (TPSA) is 105 Å². The van der Waals surface area contributed by atoms with Crippen molar-refractivity contribution in [3.05, 3.63) is 70.9 Å². The van der Waals surface area contributed by atoms with E-state index in [-0.39, 0.29) is 11.6 Å². The second kappa shape index (κ2) is 6.27. The maximum atomic E-state index is 11.9. The van der Waals surface area contributed by atoms with Gasteiger partial charge in [0.1, 0.15) is 12.0 Å². The molecule has 0 saturated heterocycles. The van der Waals surface area contributed by atoms with Crippen LogP contribution < -0.4 is 0 Å². The summed E-state index contributed by atoms with van der Waals surface area (Å²) in [6.07, 6.45) is 4.59. The quantitative estimate of drug-likeness (QED) is 0.426. The lowest BCUT2D eigenvalue weighted by molar-refractivity contribution is 0.103. The van der Waals surface area contributed by atoms with Crippen molar-refractivity contribution in [2.24, 2.45) is 0 Å². The monoisotopic (exact) mass is 310 g/mol. The Balaban J connectivity index is 1.82. The normalized spacial score (nSPS) is 11.6. The van der Waals surface area contributed by atoms with Crippen LogP contribution in [0.3, 0.4) is 0 Å². The zero-order valence-corrected chi connectivity index (χ0v) is 12.4. The van der Waals surface area contributed by atoms with E-state index in [1.54, 1.807) is 6.26 Å². The Morgan fingerprint density at radius 2 is 2.09 bits per heavy atom. The maximum absolute atomic E-state index is 11.9. The van der Waals surface area contributed by atoms with Gasteiger partial charge in [-0.3, -0.25) is 4.79 Å². The fraction of sp³-hybridized carbons (Fsp3) is 0.125. The molecule has 7 heteroatoms. The summed E-state index contributed by atoms with van der Waals surface area (Å²) < 4.78 is 5.17. The molecule has 0 fully saturated rings. The van der Waals surface area contributed by atoms with Crippen LogP contribution in [-0.2, 0) is 6.42 Å². The van der Waals surface area contributed by atoms with Crippen molar-refractivity contribution in [3.63, 3.8) is 0 Å². The minimum atomic E-state index is -0.543. The molecule has 1 aromatic carbocycles. The number of aliphatic hydroxyl groups excluding tert-OH is 1. The molecule has 0 unspecified atom stereocenters. The summed E-state index contributed by atoms with van der Waals surface area (Å²) >= 11 is 0. The summed E-state index contributed by atoms with van der Waals surface area (Å²) in [4.78, 5) is 11.9. The van der Waals surface area contributed by atoms with Gasteiger partial charge in [0.05, 0.1) is 11.8 Å². The number of hydrogen-bond acceptors (Lipinski definition) is 6. The Hall–Kier alpha value is -3.22. The molecule has 0 aliphatic heterocycles. The molecule has 0 amide bonds. The van der Waals surface area contributed by atoms with Crippen LogP contribution in [0, 0.1) is 6.92 Å². The second-order valence-electron chi connectivity index (χ2n) is 5.10. The lowest BCUT2D eigenvalue weighted by Crippen LogP contribution is -2.00. The van der Waals surface area contributed by atoms with Gasteiger partial charge in [-0.25, -0.2) is 0 Å². The van der Waals surface area contributed by atoms with E-state index < -0.39 is 5.78 Å². The van der Waals surface area contributed by atoms with Gasteiger partial charge in [-0.15, -0.1) is 10.2 Å². The van der Waals surface area contributed by atoms with Gasteiger partial charge in [0.25, 0.3) is 0 Å². The minimum absolute atomic E-state index is 0.111. The summed E-state index contributed by atoms with van der Waals surface area (Å²) in [6, 6.07) is 8.06. The lowest BCUT2D eigenvalue weighted by atomic mass is 10.0. The Kier molecular flexibility index (Phi) is 4.01. The number of furan rings is 1. The van der Waals surface area contributed by atoms with E-state index in [0.29, 0.717) is 12.0 Å². The van der Waals surface area contributed by atoms with Crippen LogP contribution >= 0.6 is 0 Å². The number of rotatable bonds is 5. The van der Waals surface area contributed by atoms with Crippen molar-refractivity contribution in [1.29, 1.82) is 0 Å². The molecule has 2 aromatic heterocycles. The number of hydrogen-bond donors (Lipinski definition) is 2. The maximum Gasteiger partial charge on any atom is 0.244 e. The second-order valence-corrected chi connectivity index (χ2v) is 5.10. The third-order valence-corrected chi connectivity index (χ3v) is 3.37. The van der Waals surface area contributed by atoms with Gasteiger partial charge in [0.2, 0.25) is 11.6 Å². The predicted molar refractivity (Wildman–Crippen MR) is 81.8 cm³/mol.